The summed E-state index contributed by atoms with van der Waals surface area (Å²) >= 11 is 13.4. The van der Waals surface area contributed by atoms with Crippen LogP contribution in [0.5, 0.6) is 0 Å². The third kappa shape index (κ3) is 5.15. The molecule has 6 nitrogen and oxygen atoms in total. The van der Waals surface area contributed by atoms with Gasteiger partial charge in [-0.05, 0) is 55.3 Å². The van der Waals surface area contributed by atoms with E-state index in [0.29, 0.717) is 32.9 Å². The molecule has 0 aliphatic carbocycles. The maximum Gasteiger partial charge on any atom is 0.265 e. The van der Waals surface area contributed by atoms with Crippen molar-refractivity contribution in [1.29, 1.82) is 5.26 Å². The van der Waals surface area contributed by atoms with Gasteiger partial charge in [0.15, 0.2) is 0 Å². The number of thioether (sulfide) groups is 1. The number of furan rings is 1. The van der Waals surface area contributed by atoms with E-state index < -0.39 is 11.2 Å². The molecule has 2 amide bonds. The number of nitriles is 1. The van der Waals surface area contributed by atoms with Gasteiger partial charge in [-0.2, -0.15) is 5.26 Å². The second-order valence-corrected chi connectivity index (χ2v) is 9.63. The summed E-state index contributed by atoms with van der Waals surface area (Å²) in [5.41, 5.74) is 2.30. The second-order valence-electron chi connectivity index (χ2n) is 7.62. The van der Waals surface area contributed by atoms with E-state index in [1.165, 1.54) is 22.9 Å². The summed E-state index contributed by atoms with van der Waals surface area (Å²) < 4.78 is 5.24. The zero-order valence-corrected chi connectivity index (χ0v) is 20.4. The van der Waals surface area contributed by atoms with E-state index >= 15 is 0 Å². The van der Waals surface area contributed by atoms with Crippen LogP contribution in [0.25, 0.3) is 0 Å². The maximum atomic E-state index is 13.5. The van der Waals surface area contributed by atoms with E-state index in [4.69, 9.17) is 27.6 Å². The molecule has 1 fully saturated rings. The molecule has 2 aromatic carbocycles. The van der Waals surface area contributed by atoms with Gasteiger partial charge in [0.05, 0.1) is 28.1 Å². The first kappa shape index (κ1) is 24.0. The van der Waals surface area contributed by atoms with Crippen LogP contribution in [0.15, 0.2) is 75.9 Å². The zero-order valence-electron chi connectivity index (χ0n) is 18.0. The van der Waals surface area contributed by atoms with E-state index in [1.807, 2.05) is 25.1 Å². The largest absolute Gasteiger partial charge is 0.467 e. The number of nitrogens with one attached hydrogen (secondary N) is 1. The van der Waals surface area contributed by atoms with Crippen molar-refractivity contribution >= 4 is 52.5 Å². The standard InChI is InChI=1S/C25H19Cl2N3O3S/c1-15-4-7-17(8-5-15)30-24(32)22(12-16-6-9-20(26)21(27)11-16)34-25(30)19(13-28)23(31)29-14-18-3-2-10-33-18/h2-11,22H,12,14H2,1H3,(H,29,31)/b25-19+/t22-/m0/s1. The predicted octanol–water partition coefficient (Wildman–Crippen LogP) is 5.64. The molecule has 1 aromatic heterocycles. The average Bonchev–Trinajstić information content (AvgIpc) is 3.45. The molecule has 0 spiro atoms. The summed E-state index contributed by atoms with van der Waals surface area (Å²) in [5, 5.41) is 13.1. The lowest BCUT2D eigenvalue weighted by Gasteiger charge is -2.19. The monoisotopic (exact) mass is 511 g/mol. The molecule has 0 bridgehead atoms. The normalized spacial score (nSPS) is 16.9. The third-order valence-electron chi connectivity index (χ3n) is 5.21. The SMILES string of the molecule is Cc1ccc(N2C(=O)[C@H](Cc3ccc(Cl)c(Cl)c3)S/C2=C(\C#N)C(=O)NCc2ccco2)cc1. The highest BCUT2D eigenvalue weighted by Crippen LogP contribution is 2.42. The summed E-state index contributed by atoms with van der Waals surface area (Å²) in [6.45, 7) is 2.07. The van der Waals surface area contributed by atoms with Crippen molar-refractivity contribution in [2.24, 2.45) is 0 Å². The van der Waals surface area contributed by atoms with Crippen molar-refractivity contribution in [2.75, 3.05) is 4.90 Å². The molecular formula is C25H19Cl2N3O3S. The highest BCUT2D eigenvalue weighted by molar-refractivity contribution is 8.05. The third-order valence-corrected chi connectivity index (χ3v) is 7.21. The summed E-state index contributed by atoms with van der Waals surface area (Å²) in [6.07, 6.45) is 1.86. The van der Waals surface area contributed by atoms with Crippen LogP contribution in [0.2, 0.25) is 10.0 Å². The lowest BCUT2D eigenvalue weighted by molar-refractivity contribution is -0.117. The van der Waals surface area contributed by atoms with Crippen molar-refractivity contribution in [3.63, 3.8) is 0 Å². The Kier molecular flexibility index (Phi) is 7.32. The Bertz CT molecular complexity index is 1300. The van der Waals surface area contributed by atoms with Gasteiger partial charge in [-0.25, -0.2) is 0 Å². The average molecular weight is 512 g/mol. The van der Waals surface area contributed by atoms with E-state index in [9.17, 15) is 14.9 Å². The number of hydrogen-bond acceptors (Lipinski definition) is 5. The second kappa shape index (κ2) is 10.4. The van der Waals surface area contributed by atoms with Gasteiger partial charge in [-0.3, -0.25) is 14.5 Å². The molecule has 172 valence electrons. The molecule has 0 saturated carbocycles. The summed E-state index contributed by atoms with van der Waals surface area (Å²) in [7, 11) is 0. The molecular weight excluding hydrogens is 493 g/mol. The van der Waals surface area contributed by atoms with Crippen molar-refractivity contribution in [2.45, 2.75) is 25.1 Å². The number of carbonyl (C=O) groups excluding carboxylic acids is 2. The summed E-state index contributed by atoms with van der Waals surface area (Å²) in [6, 6.07) is 18.0. The Hall–Kier alpha value is -3.18. The highest BCUT2D eigenvalue weighted by Gasteiger charge is 2.40. The number of hydrogen-bond donors (Lipinski definition) is 1. The predicted molar refractivity (Wildman–Crippen MR) is 133 cm³/mol. The molecule has 1 aliphatic rings. The van der Waals surface area contributed by atoms with Crippen LogP contribution in [-0.2, 0) is 22.6 Å². The number of benzene rings is 2. The number of amides is 2. The van der Waals surface area contributed by atoms with Gasteiger partial charge in [0, 0.05) is 5.69 Å². The van der Waals surface area contributed by atoms with E-state index in [-0.39, 0.29) is 18.0 Å². The number of nitrogens with zero attached hydrogens (tertiary/aromatic N) is 2. The van der Waals surface area contributed by atoms with Gasteiger partial charge in [0.25, 0.3) is 5.91 Å². The number of carbonyl (C=O) groups is 2. The molecule has 1 atom stereocenters. The molecule has 1 aliphatic heterocycles. The van der Waals surface area contributed by atoms with Gasteiger partial charge in [-0.1, -0.05) is 58.7 Å². The first-order chi connectivity index (χ1) is 16.4. The van der Waals surface area contributed by atoms with E-state index in [0.717, 1.165) is 11.1 Å². The Morgan fingerprint density at radius 3 is 2.59 bits per heavy atom. The van der Waals surface area contributed by atoms with Crippen LogP contribution < -0.4 is 10.2 Å². The van der Waals surface area contributed by atoms with Gasteiger partial charge in [0.1, 0.15) is 22.4 Å². The molecule has 3 aromatic rings. The molecule has 0 radical (unpaired) electrons. The van der Waals surface area contributed by atoms with Crippen molar-refractivity contribution < 1.29 is 14.0 Å². The number of anilines is 1. The fraction of sp³-hybridized carbons (Fsp3) is 0.160. The van der Waals surface area contributed by atoms with E-state index in [1.54, 1.807) is 42.5 Å². The van der Waals surface area contributed by atoms with Gasteiger partial charge >= 0.3 is 0 Å². The lowest BCUT2D eigenvalue weighted by atomic mass is 10.1. The quantitative estimate of drug-likeness (QED) is 0.342. The van der Waals surface area contributed by atoms with Crippen molar-refractivity contribution in [1.82, 2.24) is 5.32 Å². The fourth-order valence-corrected chi connectivity index (χ4v) is 5.09. The molecule has 0 unspecified atom stereocenters. The molecule has 34 heavy (non-hydrogen) atoms. The fourth-order valence-electron chi connectivity index (χ4n) is 3.47. The summed E-state index contributed by atoms with van der Waals surface area (Å²) in [5.74, 6) is -0.248. The van der Waals surface area contributed by atoms with Crippen LogP contribution >= 0.6 is 35.0 Å². The number of rotatable bonds is 6. The maximum absolute atomic E-state index is 13.5. The Labute approximate surface area is 211 Å². The first-order valence-electron chi connectivity index (χ1n) is 10.3. The minimum absolute atomic E-state index is 0.125. The van der Waals surface area contributed by atoms with Crippen LogP contribution in [0.4, 0.5) is 5.69 Å². The minimum atomic E-state index is -0.582. The molecule has 1 saturated heterocycles. The number of halogens is 2. The minimum Gasteiger partial charge on any atom is -0.467 e. The summed E-state index contributed by atoms with van der Waals surface area (Å²) in [4.78, 5) is 27.9. The Morgan fingerprint density at radius 2 is 1.94 bits per heavy atom. The van der Waals surface area contributed by atoms with Crippen LogP contribution in [-0.4, -0.2) is 17.1 Å². The van der Waals surface area contributed by atoms with Crippen LogP contribution in [0.3, 0.4) is 0 Å². The Balaban J connectivity index is 1.68. The van der Waals surface area contributed by atoms with Gasteiger partial charge in [0.2, 0.25) is 5.91 Å². The molecule has 4 rings (SSSR count). The number of aryl methyl sites for hydroxylation is 1. The van der Waals surface area contributed by atoms with Crippen molar-refractivity contribution in [3.05, 3.63) is 98.4 Å². The molecule has 9 heteroatoms. The highest BCUT2D eigenvalue weighted by atomic mass is 35.5. The smallest absolute Gasteiger partial charge is 0.265 e. The molecule has 2 heterocycles. The lowest BCUT2D eigenvalue weighted by Crippen LogP contribution is -2.32. The topological polar surface area (TPSA) is 86.3 Å². The zero-order chi connectivity index (χ0) is 24.2. The van der Waals surface area contributed by atoms with Gasteiger partial charge < -0.3 is 9.73 Å². The van der Waals surface area contributed by atoms with Crippen LogP contribution in [0.1, 0.15) is 16.9 Å². The first-order valence-corrected chi connectivity index (χ1v) is 12.0. The Morgan fingerprint density at radius 1 is 1.18 bits per heavy atom. The van der Waals surface area contributed by atoms with Crippen molar-refractivity contribution in [3.8, 4) is 6.07 Å². The van der Waals surface area contributed by atoms with Gasteiger partial charge in [-0.15, -0.1) is 0 Å². The van der Waals surface area contributed by atoms with E-state index in [2.05, 4.69) is 5.32 Å². The molecule has 1 N–H and O–H groups in total. The van der Waals surface area contributed by atoms with Crippen LogP contribution in [0, 0.1) is 18.3 Å².